The number of Topliss-reactive ketones (excluding diaryl/α,β-unsaturated/α-hetero) is 1. The normalized spacial score (nSPS) is 17.6. The van der Waals surface area contributed by atoms with Crippen LogP contribution in [0, 0.1) is 6.92 Å². The summed E-state index contributed by atoms with van der Waals surface area (Å²) in [5.74, 6) is -0.606. The van der Waals surface area contributed by atoms with E-state index in [1.807, 2.05) is 50.2 Å². The van der Waals surface area contributed by atoms with E-state index >= 15 is 0 Å². The van der Waals surface area contributed by atoms with Gasteiger partial charge in [-0.2, -0.15) is 0 Å². The Labute approximate surface area is 202 Å². The number of rotatable bonds is 11. The van der Waals surface area contributed by atoms with Crippen molar-refractivity contribution in [1.29, 1.82) is 0 Å². The number of benzene rings is 2. The first-order valence-corrected chi connectivity index (χ1v) is 12.2. The standard InChI is InChI=1S/C28H36N2O4/c1-5-19-34-23-15-13-21(14-16-23)25-24(26(31)22-11-9-20(4)10-12-22)27(32)28(33)30(25)18-8-17-29(6-2)7-3/h9-16,25,31H,5-8,17-19H2,1-4H3/t25-/m0/s1. The van der Waals surface area contributed by atoms with Crippen LogP contribution in [0.4, 0.5) is 0 Å². The average molecular weight is 465 g/mol. The number of ketones is 1. The van der Waals surface area contributed by atoms with Crippen LogP contribution in [0.15, 0.2) is 54.1 Å². The van der Waals surface area contributed by atoms with Crippen molar-refractivity contribution in [2.24, 2.45) is 0 Å². The van der Waals surface area contributed by atoms with E-state index in [4.69, 9.17) is 4.74 Å². The van der Waals surface area contributed by atoms with Gasteiger partial charge in [0.1, 0.15) is 11.5 Å². The second-order valence-electron chi connectivity index (χ2n) is 8.66. The lowest BCUT2D eigenvalue weighted by Crippen LogP contribution is -2.33. The largest absolute Gasteiger partial charge is 0.507 e. The minimum atomic E-state index is -0.641. The molecule has 0 radical (unpaired) electrons. The predicted octanol–water partition coefficient (Wildman–Crippen LogP) is 4.94. The summed E-state index contributed by atoms with van der Waals surface area (Å²) in [6.45, 7) is 12.0. The smallest absolute Gasteiger partial charge is 0.295 e. The summed E-state index contributed by atoms with van der Waals surface area (Å²) in [4.78, 5) is 30.2. The van der Waals surface area contributed by atoms with Crippen molar-refractivity contribution in [2.45, 2.75) is 46.6 Å². The van der Waals surface area contributed by atoms with Gasteiger partial charge in [0.25, 0.3) is 11.7 Å². The number of nitrogens with zero attached hydrogens (tertiary/aromatic N) is 2. The first-order valence-electron chi connectivity index (χ1n) is 12.2. The maximum Gasteiger partial charge on any atom is 0.295 e. The highest BCUT2D eigenvalue weighted by Gasteiger charge is 2.45. The first kappa shape index (κ1) is 25.5. The molecule has 1 amide bonds. The summed E-state index contributed by atoms with van der Waals surface area (Å²) in [6.07, 6.45) is 1.65. The van der Waals surface area contributed by atoms with Gasteiger partial charge in [0.2, 0.25) is 0 Å². The van der Waals surface area contributed by atoms with Crippen LogP contribution in [-0.2, 0) is 9.59 Å². The van der Waals surface area contributed by atoms with Crippen LogP contribution in [0.5, 0.6) is 5.75 Å². The fourth-order valence-electron chi connectivity index (χ4n) is 4.29. The van der Waals surface area contributed by atoms with Gasteiger partial charge in [0.15, 0.2) is 0 Å². The highest BCUT2D eigenvalue weighted by molar-refractivity contribution is 6.46. The summed E-state index contributed by atoms with van der Waals surface area (Å²) in [5.41, 5.74) is 2.49. The Morgan fingerprint density at radius 1 is 1.00 bits per heavy atom. The fraction of sp³-hybridized carbons (Fsp3) is 0.429. The van der Waals surface area contributed by atoms with Crippen LogP contribution in [0.1, 0.15) is 56.3 Å². The van der Waals surface area contributed by atoms with E-state index in [1.165, 1.54) is 0 Å². The molecule has 2 aromatic rings. The summed E-state index contributed by atoms with van der Waals surface area (Å²) in [6, 6.07) is 14.1. The molecule has 0 unspecified atom stereocenters. The average Bonchev–Trinajstić information content (AvgIpc) is 3.10. The molecule has 34 heavy (non-hydrogen) atoms. The molecule has 0 aromatic heterocycles. The molecule has 1 fully saturated rings. The number of aliphatic hydroxyl groups is 1. The van der Waals surface area contributed by atoms with E-state index in [1.54, 1.807) is 17.0 Å². The van der Waals surface area contributed by atoms with Crippen molar-refractivity contribution >= 4 is 17.4 Å². The highest BCUT2D eigenvalue weighted by Crippen LogP contribution is 2.40. The summed E-state index contributed by atoms with van der Waals surface area (Å²) >= 11 is 0. The molecule has 1 aliphatic rings. The van der Waals surface area contributed by atoms with E-state index in [-0.39, 0.29) is 11.3 Å². The Balaban J connectivity index is 1.99. The number of amides is 1. The molecule has 1 atom stereocenters. The maximum absolute atomic E-state index is 13.2. The molecule has 1 aliphatic heterocycles. The second kappa shape index (κ2) is 11.8. The Bertz CT molecular complexity index is 1010. The molecule has 0 aliphatic carbocycles. The molecule has 0 spiro atoms. The molecule has 1 heterocycles. The summed E-state index contributed by atoms with van der Waals surface area (Å²) in [7, 11) is 0. The number of aliphatic hydroxyl groups excluding tert-OH is 1. The van der Waals surface area contributed by atoms with E-state index in [2.05, 4.69) is 18.7 Å². The topological polar surface area (TPSA) is 70.1 Å². The van der Waals surface area contributed by atoms with E-state index in [9.17, 15) is 14.7 Å². The molecule has 1 N–H and O–H groups in total. The lowest BCUT2D eigenvalue weighted by molar-refractivity contribution is -0.140. The molecule has 0 saturated carbocycles. The van der Waals surface area contributed by atoms with Crippen molar-refractivity contribution in [3.63, 3.8) is 0 Å². The molecule has 1 saturated heterocycles. The van der Waals surface area contributed by atoms with Gasteiger partial charge in [-0.05, 0) is 57.1 Å². The third kappa shape index (κ3) is 5.68. The van der Waals surface area contributed by atoms with Crippen molar-refractivity contribution in [1.82, 2.24) is 9.80 Å². The van der Waals surface area contributed by atoms with Gasteiger partial charge >= 0.3 is 0 Å². The van der Waals surface area contributed by atoms with Crippen molar-refractivity contribution < 1.29 is 19.4 Å². The zero-order valence-electron chi connectivity index (χ0n) is 20.7. The van der Waals surface area contributed by atoms with Crippen LogP contribution in [0.2, 0.25) is 0 Å². The molecular weight excluding hydrogens is 428 g/mol. The molecule has 3 rings (SSSR count). The van der Waals surface area contributed by atoms with Crippen LogP contribution in [-0.4, -0.2) is 59.4 Å². The number of carbonyl (C=O) groups excluding carboxylic acids is 2. The van der Waals surface area contributed by atoms with Crippen LogP contribution >= 0.6 is 0 Å². The monoisotopic (exact) mass is 464 g/mol. The van der Waals surface area contributed by atoms with Crippen molar-refractivity contribution in [3.8, 4) is 5.75 Å². The van der Waals surface area contributed by atoms with Gasteiger partial charge in [-0.15, -0.1) is 0 Å². The zero-order chi connectivity index (χ0) is 24.7. The quantitative estimate of drug-likeness (QED) is 0.290. The van der Waals surface area contributed by atoms with Crippen molar-refractivity contribution in [3.05, 3.63) is 70.8 Å². The number of hydrogen-bond acceptors (Lipinski definition) is 5. The zero-order valence-corrected chi connectivity index (χ0v) is 20.7. The third-order valence-corrected chi connectivity index (χ3v) is 6.30. The molecular formula is C28H36N2O4. The SMILES string of the molecule is CCCOc1ccc([C@H]2C(=C(O)c3ccc(C)cc3)C(=O)C(=O)N2CCCN(CC)CC)cc1. The Kier molecular flexibility index (Phi) is 8.88. The minimum absolute atomic E-state index is 0.138. The van der Waals surface area contributed by atoms with E-state index in [0.29, 0.717) is 18.7 Å². The number of hydrogen-bond donors (Lipinski definition) is 1. The Morgan fingerprint density at radius 2 is 1.65 bits per heavy atom. The van der Waals surface area contributed by atoms with Gasteiger partial charge in [0.05, 0.1) is 18.2 Å². The molecule has 2 aromatic carbocycles. The number of carbonyl (C=O) groups is 2. The van der Waals surface area contributed by atoms with Crippen LogP contribution in [0.25, 0.3) is 5.76 Å². The summed E-state index contributed by atoms with van der Waals surface area (Å²) < 4.78 is 5.70. The maximum atomic E-state index is 13.2. The number of ether oxygens (including phenoxy) is 1. The number of aryl methyl sites for hydroxylation is 1. The van der Waals surface area contributed by atoms with Gasteiger partial charge in [-0.3, -0.25) is 9.59 Å². The predicted molar refractivity (Wildman–Crippen MR) is 135 cm³/mol. The van der Waals surface area contributed by atoms with Crippen LogP contribution < -0.4 is 4.74 Å². The fourth-order valence-corrected chi connectivity index (χ4v) is 4.29. The first-order chi connectivity index (χ1) is 16.4. The minimum Gasteiger partial charge on any atom is -0.507 e. The van der Waals surface area contributed by atoms with Crippen LogP contribution in [0.3, 0.4) is 0 Å². The number of likely N-dealkylation sites (tertiary alicyclic amines) is 1. The van der Waals surface area contributed by atoms with Gasteiger partial charge in [-0.25, -0.2) is 0 Å². The second-order valence-corrected chi connectivity index (χ2v) is 8.66. The lowest BCUT2D eigenvalue weighted by atomic mass is 9.95. The molecule has 6 nitrogen and oxygen atoms in total. The van der Waals surface area contributed by atoms with E-state index in [0.717, 1.165) is 49.4 Å². The Hall–Kier alpha value is -3.12. The van der Waals surface area contributed by atoms with Crippen molar-refractivity contribution in [2.75, 3.05) is 32.8 Å². The Morgan fingerprint density at radius 3 is 2.24 bits per heavy atom. The molecule has 6 heteroatoms. The summed E-state index contributed by atoms with van der Waals surface area (Å²) in [5, 5.41) is 11.2. The van der Waals surface area contributed by atoms with Gasteiger partial charge in [-0.1, -0.05) is 62.7 Å². The van der Waals surface area contributed by atoms with Gasteiger partial charge < -0.3 is 19.6 Å². The highest BCUT2D eigenvalue weighted by atomic mass is 16.5. The molecule has 0 bridgehead atoms. The van der Waals surface area contributed by atoms with E-state index < -0.39 is 17.7 Å². The lowest BCUT2D eigenvalue weighted by Gasteiger charge is -2.27. The van der Waals surface area contributed by atoms with Gasteiger partial charge in [0, 0.05) is 12.1 Å². The molecule has 182 valence electrons. The third-order valence-electron chi connectivity index (χ3n) is 6.30.